The van der Waals surface area contributed by atoms with Crippen LogP contribution in [0.2, 0.25) is 0 Å². The van der Waals surface area contributed by atoms with E-state index in [2.05, 4.69) is 15.2 Å². The van der Waals surface area contributed by atoms with Crippen LogP contribution < -0.4 is 0 Å². The van der Waals surface area contributed by atoms with Gasteiger partial charge in [0.2, 0.25) is 0 Å². The molecule has 0 radical (unpaired) electrons. The maximum atomic E-state index is 11.1. The fourth-order valence-corrected chi connectivity index (χ4v) is 3.18. The Balaban J connectivity index is 1.80. The molecule has 0 unspecified atom stereocenters. The lowest BCUT2D eigenvalue weighted by atomic mass is 10.1. The maximum absolute atomic E-state index is 11.1. The van der Waals surface area contributed by atoms with Crippen LogP contribution in [0, 0.1) is 0 Å². The van der Waals surface area contributed by atoms with Crippen LogP contribution in [-0.4, -0.2) is 43.6 Å². The van der Waals surface area contributed by atoms with Crippen molar-refractivity contribution in [1.82, 2.24) is 19.9 Å². The minimum Gasteiger partial charge on any atom is -0.480 e. The number of benzene rings is 1. The van der Waals surface area contributed by atoms with Crippen molar-refractivity contribution in [3.8, 4) is 0 Å². The molecule has 0 aliphatic heterocycles. The Labute approximate surface area is 123 Å². The third kappa shape index (κ3) is 3.05. The molecule has 0 saturated heterocycles. The Morgan fingerprint density at radius 1 is 1.43 bits per heavy atom. The Kier molecular flexibility index (Phi) is 3.88. The van der Waals surface area contributed by atoms with Crippen LogP contribution in [0.4, 0.5) is 0 Å². The molecule has 1 heterocycles. The van der Waals surface area contributed by atoms with Gasteiger partial charge in [-0.3, -0.25) is 9.69 Å². The van der Waals surface area contributed by atoms with Crippen molar-refractivity contribution in [3.05, 3.63) is 23.8 Å². The number of aryl methyl sites for hydroxylation is 1. The molecule has 1 aromatic carbocycles. The highest BCUT2D eigenvalue weighted by molar-refractivity contribution is 5.75. The van der Waals surface area contributed by atoms with Gasteiger partial charge in [0.1, 0.15) is 5.52 Å². The molecule has 1 aromatic heterocycles. The van der Waals surface area contributed by atoms with Crippen molar-refractivity contribution in [2.45, 2.75) is 38.3 Å². The average molecular weight is 288 g/mol. The summed E-state index contributed by atoms with van der Waals surface area (Å²) >= 11 is 0. The molecule has 0 amide bonds. The molecule has 6 heteroatoms. The lowest BCUT2D eigenvalue weighted by Crippen LogP contribution is -2.37. The van der Waals surface area contributed by atoms with E-state index < -0.39 is 5.97 Å². The van der Waals surface area contributed by atoms with Gasteiger partial charge in [0.15, 0.2) is 0 Å². The number of hydrogen-bond donors (Lipinski definition) is 1. The van der Waals surface area contributed by atoms with Crippen LogP contribution >= 0.6 is 0 Å². The molecule has 1 aliphatic carbocycles. The first-order valence-corrected chi connectivity index (χ1v) is 7.37. The number of aromatic nitrogens is 3. The summed E-state index contributed by atoms with van der Waals surface area (Å²) in [5.74, 6) is -0.762. The fraction of sp³-hybridized carbons (Fsp3) is 0.533. The largest absolute Gasteiger partial charge is 0.480 e. The van der Waals surface area contributed by atoms with Crippen molar-refractivity contribution in [2.24, 2.45) is 7.05 Å². The Hall–Kier alpha value is -1.95. The second kappa shape index (κ2) is 5.81. The number of nitrogens with zero attached hydrogens (tertiary/aromatic N) is 4. The van der Waals surface area contributed by atoms with Crippen LogP contribution in [0.25, 0.3) is 11.0 Å². The molecule has 3 rings (SSSR count). The SMILES string of the molecule is Cn1nnc2cc(CN(CC(=O)O)C3CCCC3)ccc21. The van der Waals surface area contributed by atoms with Gasteiger partial charge in [-0.15, -0.1) is 5.10 Å². The van der Waals surface area contributed by atoms with Crippen molar-refractivity contribution in [2.75, 3.05) is 6.54 Å². The zero-order valence-corrected chi connectivity index (χ0v) is 12.2. The first-order valence-electron chi connectivity index (χ1n) is 7.37. The summed E-state index contributed by atoms with van der Waals surface area (Å²) in [6.07, 6.45) is 4.59. The van der Waals surface area contributed by atoms with E-state index in [9.17, 15) is 4.79 Å². The first kappa shape index (κ1) is 14.0. The molecule has 0 atom stereocenters. The van der Waals surface area contributed by atoms with E-state index in [1.807, 2.05) is 25.2 Å². The summed E-state index contributed by atoms with van der Waals surface area (Å²) in [5, 5.41) is 17.3. The van der Waals surface area contributed by atoms with Crippen LogP contribution in [0.5, 0.6) is 0 Å². The molecule has 1 aliphatic rings. The number of hydrogen-bond acceptors (Lipinski definition) is 4. The summed E-state index contributed by atoms with van der Waals surface area (Å²) < 4.78 is 1.74. The molecular formula is C15H20N4O2. The summed E-state index contributed by atoms with van der Waals surface area (Å²) in [6, 6.07) is 6.43. The lowest BCUT2D eigenvalue weighted by Gasteiger charge is -2.27. The number of carbonyl (C=O) groups is 1. The highest BCUT2D eigenvalue weighted by Crippen LogP contribution is 2.25. The van der Waals surface area contributed by atoms with E-state index in [0.717, 1.165) is 29.4 Å². The van der Waals surface area contributed by atoms with E-state index >= 15 is 0 Å². The predicted molar refractivity (Wildman–Crippen MR) is 78.8 cm³/mol. The normalized spacial score (nSPS) is 16.1. The molecule has 0 bridgehead atoms. The summed E-state index contributed by atoms with van der Waals surface area (Å²) in [5.41, 5.74) is 2.94. The minimum atomic E-state index is -0.762. The maximum Gasteiger partial charge on any atom is 0.317 e. The third-order valence-corrected chi connectivity index (χ3v) is 4.24. The van der Waals surface area contributed by atoms with Crippen LogP contribution in [0.3, 0.4) is 0 Å². The van der Waals surface area contributed by atoms with Crippen LogP contribution in [0.15, 0.2) is 18.2 Å². The molecule has 21 heavy (non-hydrogen) atoms. The lowest BCUT2D eigenvalue weighted by molar-refractivity contribution is -0.139. The predicted octanol–water partition coefficient (Wildman–Crippen LogP) is 1.80. The summed E-state index contributed by atoms with van der Waals surface area (Å²) in [6.45, 7) is 0.757. The van der Waals surface area contributed by atoms with Crippen LogP contribution in [-0.2, 0) is 18.4 Å². The number of carboxylic acids is 1. The quantitative estimate of drug-likeness (QED) is 0.908. The van der Waals surface area contributed by atoms with Gasteiger partial charge in [-0.2, -0.15) is 0 Å². The molecule has 1 fully saturated rings. The second-order valence-electron chi connectivity index (χ2n) is 5.77. The van der Waals surface area contributed by atoms with Crippen molar-refractivity contribution >= 4 is 17.0 Å². The molecule has 2 aromatic rings. The molecule has 6 nitrogen and oxygen atoms in total. The first-order chi connectivity index (χ1) is 10.1. The van der Waals surface area contributed by atoms with Gasteiger partial charge < -0.3 is 5.11 Å². The number of fused-ring (bicyclic) bond motifs is 1. The van der Waals surface area contributed by atoms with E-state index in [-0.39, 0.29) is 6.54 Å². The van der Waals surface area contributed by atoms with Crippen molar-refractivity contribution in [1.29, 1.82) is 0 Å². The zero-order valence-electron chi connectivity index (χ0n) is 12.2. The Morgan fingerprint density at radius 3 is 2.90 bits per heavy atom. The van der Waals surface area contributed by atoms with E-state index in [1.54, 1.807) is 4.68 Å². The number of rotatable bonds is 5. The number of aliphatic carboxylic acids is 1. The van der Waals surface area contributed by atoms with E-state index in [4.69, 9.17) is 5.11 Å². The standard InChI is InChI=1S/C15H20N4O2/c1-18-14-7-6-11(8-13(14)16-17-18)9-19(10-15(20)21)12-4-2-3-5-12/h6-8,12H,2-5,9-10H2,1H3,(H,20,21). The summed E-state index contributed by atoms with van der Waals surface area (Å²) in [4.78, 5) is 13.2. The van der Waals surface area contributed by atoms with Gasteiger partial charge in [-0.25, -0.2) is 4.68 Å². The van der Waals surface area contributed by atoms with Gasteiger partial charge in [0, 0.05) is 19.6 Å². The summed E-state index contributed by atoms with van der Waals surface area (Å²) in [7, 11) is 1.87. The van der Waals surface area contributed by atoms with Crippen molar-refractivity contribution < 1.29 is 9.90 Å². The highest BCUT2D eigenvalue weighted by Gasteiger charge is 2.24. The van der Waals surface area contributed by atoms with Gasteiger partial charge in [-0.1, -0.05) is 24.1 Å². The van der Waals surface area contributed by atoms with E-state index in [1.165, 1.54) is 12.8 Å². The Morgan fingerprint density at radius 2 is 2.19 bits per heavy atom. The smallest absolute Gasteiger partial charge is 0.317 e. The van der Waals surface area contributed by atoms with Crippen molar-refractivity contribution in [3.63, 3.8) is 0 Å². The number of carboxylic acid groups (broad SMARTS) is 1. The molecular weight excluding hydrogens is 268 g/mol. The Bertz CT molecular complexity index is 646. The van der Waals surface area contributed by atoms with Gasteiger partial charge >= 0.3 is 5.97 Å². The molecule has 112 valence electrons. The van der Waals surface area contributed by atoms with E-state index in [0.29, 0.717) is 12.6 Å². The minimum absolute atomic E-state index is 0.100. The fourth-order valence-electron chi connectivity index (χ4n) is 3.18. The average Bonchev–Trinajstić information content (AvgIpc) is 3.08. The highest BCUT2D eigenvalue weighted by atomic mass is 16.4. The van der Waals surface area contributed by atoms with Crippen LogP contribution in [0.1, 0.15) is 31.2 Å². The molecule has 1 N–H and O–H groups in total. The topological polar surface area (TPSA) is 71.2 Å². The van der Waals surface area contributed by atoms with Gasteiger partial charge in [-0.05, 0) is 30.5 Å². The van der Waals surface area contributed by atoms with Gasteiger partial charge in [0.25, 0.3) is 0 Å². The monoisotopic (exact) mass is 288 g/mol. The van der Waals surface area contributed by atoms with Gasteiger partial charge in [0.05, 0.1) is 12.1 Å². The second-order valence-corrected chi connectivity index (χ2v) is 5.77. The molecule has 0 spiro atoms. The third-order valence-electron chi connectivity index (χ3n) is 4.24. The molecule has 1 saturated carbocycles. The zero-order chi connectivity index (χ0) is 14.8.